The van der Waals surface area contributed by atoms with E-state index >= 15 is 0 Å². The molecule has 0 radical (unpaired) electrons. The molecule has 0 spiro atoms. The molecule has 0 amide bonds. The zero-order valence-corrected chi connectivity index (χ0v) is 14.3. The molecule has 0 aliphatic heterocycles. The Morgan fingerprint density at radius 3 is 2.87 bits per heavy atom. The summed E-state index contributed by atoms with van der Waals surface area (Å²) in [5.41, 5.74) is 3.05. The zero-order chi connectivity index (χ0) is 16.2. The van der Waals surface area contributed by atoms with Crippen LogP contribution in [0.1, 0.15) is 68.1 Å². The lowest BCUT2D eigenvalue weighted by Crippen LogP contribution is -2.49. The van der Waals surface area contributed by atoms with Crippen molar-refractivity contribution in [3.05, 3.63) is 33.8 Å². The smallest absolute Gasteiger partial charge is 0.139 e. The van der Waals surface area contributed by atoms with Crippen molar-refractivity contribution in [3.8, 4) is 6.07 Å². The molecule has 2 fully saturated rings. The third-order valence-electron chi connectivity index (χ3n) is 6.91. The van der Waals surface area contributed by atoms with Crippen molar-refractivity contribution in [3.63, 3.8) is 0 Å². The molecule has 0 aromatic heterocycles. The Labute approximate surface area is 142 Å². The van der Waals surface area contributed by atoms with Gasteiger partial charge in [-0.15, -0.1) is 0 Å². The normalized spacial score (nSPS) is 35.7. The molecule has 23 heavy (non-hydrogen) atoms. The lowest BCUT2D eigenvalue weighted by atomic mass is 9.50. The Morgan fingerprint density at radius 1 is 1.26 bits per heavy atom. The number of carbonyl (C=O) groups excluding carboxylic acids is 1. The molecule has 3 aliphatic carbocycles. The summed E-state index contributed by atoms with van der Waals surface area (Å²) in [6.45, 7) is 2.22. The second-order valence-corrected chi connectivity index (χ2v) is 8.17. The lowest BCUT2D eigenvalue weighted by Gasteiger charge is -2.53. The second kappa shape index (κ2) is 5.35. The van der Waals surface area contributed by atoms with Crippen LogP contribution in [0.3, 0.4) is 0 Å². The van der Waals surface area contributed by atoms with Crippen LogP contribution < -0.4 is 0 Å². The highest BCUT2D eigenvalue weighted by molar-refractivity contribution is 6.32. The molecule has 0 saturated heterocycles. The fourth-order valence-corrected chi connectivity index (χ4v) is 5.99. The summed E-state index contributed by atoms with van der Waals surface area (Å²) in [6, 6.07) is 6.21. The van der Waals surface area contributed by atoms with E-state index in [1.165, 1.54) is 17.5 Å². The zero-order valence-electron chi connectivity index (χ0n) is 13.6. The van der Waals surface area contributed by atoms with Crippen LogP contribution in [-0.4, -0.2) is 5.78 Å². The summed E-state index contributed by atoms with van der Waals surface area (Å²) < 4.78 is 0. The van der Waals surface area contributed by atoms with Gasteiger partial charge >= 0.3 is 0 Å². The SMILES string of the molecule is C[C@]12CCC3c4ccc(C#N)c(Cl)c4CCC3C1CCCC2=O. The van der Waals surface area contributed by atoms with Crippen LogP contribution in [0, 0.1) is 28.6 Å². The van der Waals surface area contributed by atoms with Crippen LogP contribution >= 0.6 is 11.6 Å². The molecule has 2 nitrogen and oxygen atoms in total. The molecule has 2 saturated carbocycles. The summed E-state index contributed by atoms with van der Waals surface area (Å²) in [6.07, 6.45) is 7.18. The molecular weight excluding hydrogens is 306 g/mol. The number of benzene rings is 1. The van der Waals surface area contributed by atoms with Gasteiger partial charge in [0, 0.05) is 11.8 Å². The molecular formula is C20H22ClNO. The predicted octanol–water partition coefficient (Wildman–Crippen LogP) is 5.03. The Hall–Kier alpha value is -1.33. The fourth-order valence-electron chi connectivity index (χ4n) is 5.68. The van der Waals surface area contributed by atoms with Gasteiger partial charge in [0.1, 0.15) is 11.9 Å². The van der Waals surface area contributed by atoms with E-state index in [0.717, 1.165) is 38.5 Å². The molecule has 0 heterocycles. The molecule has 120 valence electrons. The first-order valence-electron chi connectivity index (χ1n) is 8.81. The van der Waals surface area contributed by atoms with Crippen LogP contribution in [-0.2, 0) is 11.2 Å². The molecule has 3 unspecified atom stereocenters. The number of nitriles is 1. The van der Waals surface area contributed by atoms with Crippen molar-refractivity contribution in [1.82, 2.24) is 0 Å². The van der Waals surface area contributed by atoms with Crippen molar-refractivity contribution < 1.29 is 4.79 Å². The lowest BCUT2D eigenvalue weighted by molar-refractivity contribution is -0.140. The van der Waals surface area contributed by atoms with Gasteiger partial charge in [-0.05, 0) is 73.5 Å². The molecule has 4 rings (SSSR count). The number of hydrogen-bond acceptors (Lipinski definition) is 2. The van der Waals surface area contributed by atoms with E-state index in [4.69, 9.17) is 11.6 Å². The number of hydrogen-bond donors (Lipinski definition) is 0. The van der Waals surface area contributed by atoms with Crippen LogP contribution in [0.5, 0.6) is 0 Å². The van der Waals surface area contributed by atoms with Gasteiger partial charge in [0.15, 0.2) is 0 Å². The molecule has 3 heteroatoms. The van der Waals surface area contributed by atoms with E-state index in [1.807, 2.05) is 6.07 Å². The van der Waals surface area contributed by atoms with Crippen molar-refractivity contribution >= 4 is 17.4 Å². The van der Waals surface area contributed by atoms with Gasteiger partial charge in [0.2, 0.25) is 0 Å². The highest BCUT2D eigenvalue weighted by Gasteiger charge is 2.52. The monoisotopic (exact) mass is 327 g/mol. The van der Waals surface area contributed by atoms with Gasteiger partial charge < -0.3 is 0 Å². The third kappa shape index (κ3) is 2.09. The molecule has 0 N–H and O–H groups in total. The van der Waals surface area contributed by atoms with Gasteiger partial charge in [-0.1, -0.05) is 24.6 Å². The molecule has 4 atom stereocenters. The number of rotatable bonds is 0. The summed E-state index contributed by atoms with van der Waals surface area (Å²) in [5, 5.41) is 9.86. The van der Waals surface area contributed by atoms with E-state index in [9.17, 15) is 10.1 Å². The molecule has 1 aromatic carbocycles. The van der Waals surface area contributed by atoms with Gasteiger partial charge in [0.05, 0.1) is 10.6 Å². The van der Waals surface area contributed by atoms with Gasteiger partial charge in [0.25, 0.3) is 0 Å². The van der Waals surface area contributed by atoms with E-state index in [1.54, 1.807) is 0 Å². The quantitative estimate of drug-likeness (QED) is 0.670. The third-order valence-corrected chi connectivity index (χ3v) is 7.34. The van der Waals surface area contributed by atoms with Crippen LogP contribution in [0.4, 0.5) is 0 Å². The second-order valence-electron chi connectivity index (χ2n) is 7.79. The minimum atomic E-state index is -0.0900. The van der Waals surface area contributed by atoms with Gasteiger partial charge in [-0.3, -0.25) is 4.79 Å². The maximum Gasteiger partial charge on any atom is 0.139 e. The molecule has 1 aromatic rings. The largest absolute Gasteiger partial charge is 0.299 e. The topological polar surface area (TPSA) is 40.9 Å². The standard InChI is InChI=1S/C20H22ClNO/c1-20-10-9-14-13-6-5-12(11-22)19(21)16(13)8-7-15(14)17(20)3-2-4-18(20)23/h5-6,14-15,17H,2-4,7-10H2,1H3/t14?,15?,17?,20-/m0/s1. The maximum absolute atomic E-state index is 12.6. The molecule has 0 bridgehead atoms. The van der Waals surface area contributed by atoms with Crippen molar-refractivity contribution in [2.24, 2.45) is 17.3 Å². The number of fused-ring (bicyclic) bond motifs is 5. The minimum absolute atomic E-state index is 0.0900. The first kappa shape index (κ1) is 15.2. The van der Waals surface area contributed by atoms with Crippen molar-refractivity contribution in [1.29, 1.82) is 5.26 Å². The summed E-state index contributed by atoms with van der Waals surface area (Å²) in [4.78, 5) is 12.6. The highest BCUT2D eigenvalue weighted by atomic mass is 35.5. The Morgan fingerprint density at radius 2 is 2.09 bits per heavy atom. The Bertz CT molecular complexity index is 719. The Balaban J connectivity index is 1.74. The molecule has 3 aliphatic rings. The Kier molecular flexibility index (Phi) is 3.54. The average Bonchev–Trinajstić information content (AvgIpc) is 2.56. The summed E-state index contributed by atoms with van der Waals surface area (Å²) >= 11 is 6.47. The number of Topliss-reactive ketones (excluding diaryl/α,β-unsaturated/α-hetero) is 1. The van der Waals surface area contributed by atoms with E-state index in [0.29, 0.717) is 34.1 Å². The first-order chi connectivity index (χ1) is 11.1. The minimum Gasteiger partial charge on any atom is -0.299 e. The average molecular weight is 328 g/mol. The number of halogens is 1. The van der Waals surface area contributed by atoms with Gasteiger partial charge in [-0.25, -0.2) is 0 Å². The fraction of sp³-hybridized carbons (Fsp3) is 0.600. The highest BCUT2D eigenvalue weighted by Crippen LogP contribution is 2.58. The maximum atomic E-state index is 12.6. The predicted molar refractivity (Wildman–Crippen MR) is 90.4 cm³/mol. The number of ketones is 1. The summed E-state index contributed by atoms with van der Waals surface area (Å²) in [5.74, 6) is 2.16. The van der Waals surface area contributed by atoms with E-state index in [-0.39, 0.29) is 5.41 Å². The van der Waals surface area contributed by atoms with Crippen molar-refractivity contribution in [2.75, 3.05) is 0 Å². The van der Waals surface area contributed by atoms with Crippen molar-refractivity contribution in [2.45, 2.75) is 57.8 Å². The van der Waals surface area contributed by atoms with Gasteiger partial charge in [-0.2, -0.15) is 5.26 Å². The first-order valence-corrected chi connectivity index (χ1v) is 9.18. The van der Waals surface area contributed by atoms with E-state index < -0.39 is 0 Å². The van der Waals surface area contributed by atoms with Crippen LogP contribution in [0.2, 0.25) is 5.02 Å². The van der Waals surface area contributed by atoms with Crippen LogP contribution in [0.15, 0.2) is 12.1 Å². The van der Waals surface area contributed by atoms with Crippen LogP contribution in [0.25, 0.3) is 0 Å². The van der Waals surface area contributed by atoms with E-state index in [2.05, 4.69) is 19.1 Å². The summed E-state index contributed by atoms with van der Waals surface area (Å²) in [7, 11) is 0. The number of carbonyl (C=O) groups is 1. The number of nitrogens with zero attached hydrogens (tertiary/aromatic N) is 1.